The van der Waals surface area contributed by atoms with Gasteiger partial charge in [-0.2, -0.15) is 0 Å². The van der Waals surface area contributed by atoms with Gasteiger partial charge in [-0.25, -0.2) is 4.39 Å². The number of ether oxygens (including phenoxy) is 1. The zero-order valence-electron chi connectivity index (χ0n) is 12.1. The number of halogens is 1. The van der Waals surface area contributed by atoms with Gasteiger partial charge in [-0.15, -0.1) is 0 Å². The number of amides is 1. The van der Waals surface area contributed by atoms with Crippen LogP contribution in [-0.4, -0.2) is 30.3 Å². The molecule has 0 bridgehead atoms. The van der Waals surface area contributed by atoms with Crippen LogP contribution in [0.2, 0.25) is 0 Å². The number of nitrogens with one attached hydrogen (secondary N) is 1. The molecule has 21 heavy (non-hydrogen) atoms. The average molecular weight is 295 g/mol. The number of hydrogen-bond acceptors (Lipinski definition) is 3. The molecule has 1 aliphatic rings. The fraction of sp³-hybridized carbons (Fsp3) is 0.562. The second kappa shape index (κ2) is 7.98. The van der Waals surface area contributed by atoms with E-state index in [9.17, 15) is 14.3 Å². The lowest BCUT2D eigenvalue weighted by molar-refractivity contribution is -0.123. The van der Waals surface area contributed by atoms with E-state index < -0.39 is 11.9 Å². The van der Waals surface area contributed by atoms with E-state index in [2.05, 4.69) is 5.32 Å². The number of para-hydroxylation sites is 1. The molecule has 1 fully saturated rings. The number of carbonyl (C=O) groups excluding carboxylic acids is 1. The fourth-order valence-corrected chi connectivity index (χ4v) is 2.66. The molecule has 0 aromatic heterocycles. The Morgan fingerprint density at radius 1 is 1.33 bits per heavy atom. The predicted octanol–water partition coefficient (Wildman–Crippen LogP) is 2.26. The summed E-state index contributed by atoms with van der Waals surface area (Å²) >= 11 is 0. The summed E-state index contributed by atoms with van der Waals surface area (Å²) in [6, 6.07) is 5.95. The molecule has 1 amide bonds. The van der Waals surface area contributed by atoms with E-state index in [4.69, 9.17) is 4.74 Å². The summed E-state index contributed by atoms with van der Waals surface area (Å²) in [5.41, 5.74) is 0. The minimum absolute atomic E-state index is 0.0560. The Hall–Kier alpha value is -1.62. The highest BCUT2D eigenvalue weighted by molar-refractivity contribution is 5.77. The van der Waals surface area contributed by atoms with Crippen molar-refractivity contribution < 1.29 is 19.0 Å². The number of rotatable bonds is 6. The van der Waals surface area contributed by atoms with Gasteiger partial charge in [0.05, 0.1) is 6.10 Å². The lowest BCUT2D eigenvalue weighted by Gasteiger charge is -2.26. The summed E-state index contributed by atoms with van der Waals surface area (Å²) in [4.78, 5) is 11.6. The Kier molecular flexibility index (Phi) is 5.99. The lowest BCUT2D eigenvalue weighted by Crippen LogP contribution is -2.39. The number of benzene rings is 1. The van der Waals surface area contributed by atoms with Crippen molar-refractivity contribution in [2.45, 2.75) is 38.2 Å². The van der Waals surface area contributed by atoms with Crippen molar-refractivity contribution in [3.63, 3.8) is 0 Å². The summed E-state index contributed by atoms with van der Waals surface area (Å²) in [7, 11) is 0. The van der Waals surface area contributed by atoms with Crippen LogP contribution in [0.15, 0.2) is 24.3 Å². The number of aliphatic hydroxyl groups is 1. The van der Waals surface area contributed by atoms with Gasteiger partial charge in [0.1, 0.15) is 0 Å². The van der Waals surface area contributed by atoms with E-state index in [1.54, 1.807) is 12.1 Å². The van der Waals surface area contributed by atoms with Crippen molar-refractivity contribution in [1.82, 2.24) is 5.32 Å². The smallest absolute Gasteiger partial charge is 0.258 e. The van der Waals surface area contributed by atoms with Gasteiger partial charge in [0.2, 0.25) is 0 Å². The molecule has 0 heterocycles. The first-order valence-corrected chi connectivity index (χ1v) is 7.49. The summed E-state index contributed by atoms with van der Waals surface area (Å²) in [5.74, 6) is -0.521. The second-order valence-corrected chi connectivity index (χ2v) is 5.49. The maximum atomic E-state index is 13.3. The minimum atomic E-state index is -0.511. The molecule has 1 atom stereocenters. The van der Waals surface area contributed by atoms with Crippen molar-refractivity contribution in [3.8, 4) is 5.75 Å². The Balaban J connectivity index is 1.68. The molecule has 4 nitrogen and oxygen atoms in total. The molecule has 1 aliphatic carbocycles. The van der Waals surface area contributed by atoms with Gasteiger partial charge in [0.25, 0.3) is 5.91 Å². The van der Waals surface area contributed by atoms with Crippen LogP contribution in [-0.2, 0) is 4.79 Å². The molecule has 1 aromatic carbocycles. The SMILES string of the molecule is O=C(COc1ccccc1F)NCC(O)C1CCCCC1. The monoisotopic (exact) mass is 295 g/mol. The standard InChI is InChI=1S/C16H22FNO3/c17-13-8-4-5-9-15(13)21-11-16(20)18-10-14(19)12-6-2-1-3-7-12/h4-5,8-9,12,14,19H,1-3,6-7,10-11H2,(H,18,20). The molecule has 2 rings (SSSR count). The number of carbonyl (C=O) groups is 1. The zero-order chi connectivity index (χ0) is 15.1. The quantitative estimate of drug-likeness (QED) is 0.846. The predicted molar refractivity (Wildman–Crippen MR) is 77.5 cm³/mol. The first-order chi connectivity index (χ1) is 10.2. The summed E-state index contributed by atoms with van der Waals surface area (Å²) in [6.45, 7) is -0.0253. The molecule has 0 spiro atoms. The van der Waals surface area contributed by atoms with Crippen molar-refractivity contribution in [3.05, 3.63) is 30.1 Å². The average Bonchev–Trinajstić information content (AvgIpc) is 2.52. The molecule has 116 valence electrons. The molecule has 2 N–H and O–H groups in total. The van der Waals surface area contributed by atoms with E-state index in [-0.39, 0.29) is 30.7 Å². The van der Waals surface area contributed by atoms with Crippen molar-refractivity contribution in [2.24, 2.45) is 5.92 Å². The van der Waals surface area contributed by atoms with Crippen LogP contribution in [0.25, 0.3) is 0 Å². The maximum Gasteiger partial charge on any atom is 0.258 e. The fourth-order valence-electron chi connectivity index (χ4n) is 2.66. The van der Waals surface area contributed by atoms with Gasteiger partial charge in [-0.3, -0.25) is 4.79 Å². The lowest BCUT2D eigenvalue weighted by atomic mass is 9.85. The van der Waals surface area contributed by atoms with Gasteiger partial charge in [-0.1, -0.05) is 31.4 Å². The van der Waals surface area contributed by atoms with Crippen LogP contribution in [0.3, 0.4) is 0 Å². The first kappa shape index (κ1) is 15.8. The van der Waals surface area contributed by atoms with Crippen LogP contribution < -0.4 is 10.1 Å². The first-order valence-electron chi connectivity index (χ1n) is 7.49. The van der Waals surface area contributed by atoms with E-state index >= 15 is 0 Å². The van der Waals surface area contributed by atoms with Crippen LogP contribution in [0, 0.1) is 11.7 Å². The maximum absolute atomic E-state index is 13.3. The van der Waals surface area contributed by atoms with Gasteiger partial charge in [-0.05, 0) is 30.9 Å². The summed E-state index contributed by atoms with van der Waals surface area (Å²) < 4.78 is 18.4. The number of aliphatic hydroxyl groups excluding tert-OH is 1. The third kappa shape index (κ3) is 5.01. The van der Waals surface area contributed by atoms with E-state index in [1.165, 1.54) is 18.6 Å². The van der Waals surface area contributed by atoms with Crippen LogP contribution in [0.5, 0.6) is 5.75 Å². The molecular formula is C16H22FNO3. The summed E-state index contributed by atoms with van der Waals surface area (Å²) in [6.07, 6.45) is 5.04. The molecule has 0 radical (unpaired) electrons. The number of hydrogen-bond donors (Lipinski definition) is 2. The van der Waals surface area contributed by atoms with Crippen molar-refractivity contribution in [2.75, 3.05) is 13.2 Å². The molecule has 1 unspecified atom stereocenters. The third-order valence-electron chi connectivity index (χ3n) is 3.90. The van der Waals surface area contributed by atoms with E-state index in [0.29, 0.717) is 0 Å². The van der Waals surface area contributed by atoms with E-state index in [1.807, 2.05) is 0 Å². The van der Waals surface area contributed by atoms with Crippen LogP contribution in [0.1, 0.15) is 32.1 Å². The molecule has 1 aromatic rings. The van der Waals surface area contributed by atoms with Crippen LogP contribution >= 0.6 is 0 Å². The van der Waals surface area contributed by atoms with Gasteiger partial charge >= 0.3 is 0 Å². The molecule has 0 aliphatic heterocycles. The summed E-state index contributed by atoms with van der Waals surface area (Å²) in [5, 5.41) is 12.7. The molecule has 1 saturated carbocycles. The molecule has 5 heteroatoms. The highest BCUT2D eigenvalue weighted by Gasteiger charge is 2.22. The Morgan fingerprint density at radius 2 is 2.05 bits per heavy atom. The van der Waals surface area contributed by atoms with Crippen molar-refractivity contribution in [1.29, 1.82) is 0 Å². The normalized spacial score (nSPS) is 17.2. The molecular weight excluding hydrogens is 273 g/mol. The second-order valence-electron chi connectivity index (χ2n) is 5.49. The highest BCUT2D eigenvalue weighted by Crippen LogP contribution is 2.26. The molecule has 0 saturated heterocycles. The van der Waals surface area contributed by atoms with Crippen molar-refractivity contribution >= 4 is 5.91 Å². The van der Waals surface area contributed by atoms with Crippen LogP contribution in [0.4, 0.5) is 4.39 Å². The van der Waals surface area contributed by atoms with Gasteiger partial charge in [0, 0.05) is 6.54 Å². The Labute approximate surface area is 124 Å². The highest BCUT2D eigenvalue weighted by atomic mass is 19.1. The van der Waals surface area contributed by atoms with Gasteiger partial charge in [0.15, 0.2) is 18.2 Å². The largest absolute Gasteiger partial charge is 0.481 e. The topological polar surface area (TPSA) is 58.6 Å². The third-order valence-corrected chi connectivity index (χ3v) is 3.90. The Morgan fingerprint density at radius 3 is 2.76 bits per heavy atom. The van der Waals surface area contributed by atoms with E-state index in [0.717, 1.165) is 25.7 Å². The minimum Gasteiger partial charge on any atom is -0.481 e. The Bertz CT molecular complexity index is 461. The van der Waals surface area contributed by atoms with Gasteiger partial charge < -0.3 is 15.2 Å². The zero-order valence-corrected chi connectivity index (χ0v) is 12.1.